The minimum atomic E-state index is -3.82. The van der Waals surface area contributed by atoms with Crippen LogP contribution in [-0.2, 0) is 21.2 Å². The van der Waals surface area contributed by atoms with E-state index in [-0.39, 0.29) is 18.5 Å². The summed E-state index contributed by atoms with van der Waals surface area (Å²) in [7, 11) is -3.82. The maximum Gasteiger partial charge on any atom is 0.264 e. The molecule has 0 saturated carbocycles. The highest BCUT2D eigenvalue weighted by atomic mass is 35.5. The lowest BCUT2D eigenvalue weighted by molar-refractivity contribution is -0.131. The van der Waals surface area contributed by atoms with Crippen molar-refractivity contribution in [2.24, 2.45) is 0 Å². The Kier molecular flexibility index (Phi) is 6.14. The van der Waals surface area contributed by atoms with Gasteiger partial charge in [-0.05, 0) is 49.1 Å². The van der Waals surface area contributed by atoms with Crippen molar-refractivity contribution in [2.45, 2.75) is 31.6 Å². The number of sulfone groups is 1. The van der Waals surface area contributed by atoms with Gasteiger partial charge in [-0.15, -0.1) is 0 Å². The number of amides is 1. The van der Waals surface area contributed by atoms with Crippen LogP contribution in [0.25, 0.3) is 11.1 Å². The molecule has 0 aliphatic heterocycles. The Hall–Kier alpha value is -2.16. The van der Waals surface area contributed by atoms with Crippen molar-refractivity contribution in [3.63, 3.8) is 0 Å². The Morgan fingerprint density at radius 2 is 2.00 bits per heavy atom. The number of nitrogens with zero attached hydrogens (tertiary/aromatic N) is 1. The predicted octanol–water partition coefficient (Wildman–Crippen LogP) is 2.18. The molecule has 1 aromatic carbocycles. The second kappa shape index (κ2) is 7.84. The number of hydrogen-bond acceptors (Lipinski definition) is 5. The average molecular weight is 413 g/mol. The van der Waals surface area contributed by atoms with E-state index in [1.807, 2.05) is 13.0 Å². The van der Waals surface area contributed by atoms with E-state index in [2.05, 4.69) is 0 Å². The minimum Gasteiger partial charge on any atom is -0.315 e. The molecular formula is C18H21ClN2O5S. The first-order valence-electron chi connectivity index (χ1n) is 8.11. The molecule has 1 heterocycles. The number of benzene rings is 1. The predicted molar refractivity (Wildman–Crippen MR) is 104 cm³/mol. The third-order valence-electron chi connectivity index (χ3n) is 4.80. The Labute approximate surface area is 162 Å². The number of nitrogens with one attached hydrogen (secondary N) is 1. The summed E-state index contributed by atoms with van der Waals surface area (Å²) >= 11 is 6.12. The van der Waals surface area contributed by atoms with Crippen LogP contribution >= 0.6 is 11.6 Å². The maximum absolute atomic E-state index is 12.4. The van der Waals surface area contributed by atoms with Crippen molar-refractivity contribution < 1.29 is 18.4 Å². The number of carbonyl (C=O) groups excluding carboxylic acids is 1. The number of aryl methyl sites for hydroxylation is 1. The van der Waals surface area contributed by atoms with Gasteiger partial charge in [0.25, 0.3) is 11.5 Å². The van der Waals surface area contributed by atoms with Gasteiger partial charge in [0.15, 0.2) is 14.6 Å². The summed E-state index contributed by atoms with van der Waals surface area (Å²) in [6.45, 7) is 3.06. The molecule has 0 spiro atoms. The summed E-state index contributed by atoms with van der Waals surface area (Å²) in [5, 5.41) is 9.45. The Morgan fingerprint density at radius 3 is 2.56 bits per heavy atom. The van der Waals surface area contributed by atoms with Gasteiger partial charge in [0, 0.05) is 30.1 Å². The highest BCUT2D eigenvalue weighted by molar-refractivity contribution is 7.92. The number of pyridine rings is 1. The molecule has 2 aromatic rings. The van der Waals surface area contributed by atoms with Crippen LogP contribution in [0.5, 0.6) is 0 Å². The van der Waals surface area contributed by atoms with Crippen molar-refractivity contribution >= 4 is 27.3 Å². The molecule has 0 aliphatic rings. The summed E-state index contributed by atoms with van der Waals surface area (Å²) in [5.41, 5.74) is 3.41. The van der Waals surface area contributed by atoms with E-state index in [9.17, 15) is 18.0 Å². The van der Waals surface area contributed by atoms with Crippen molar-refractivity contribution in [1.82, 2.24) is 10.0 Å². The first kappa shape index (κ1) is 21.1. The number of halogens is 1. The van der Waals surface area contributed by atoms with Crippen molar-refractivity contribution in [3.8, 4) is 11.1 Å². The largest absolute Gasteiger partial charge is 0.315 e. The molecule has 27 heavy (non-hydrogen) atoms. The lowest BCUT2D eigenvalue weighted by Crippen LogP contribution is -2.49. The molecular weight excluding hydrogens is 392 g/mol. The van der Waals surface area contributed by atoms with E-state index in [1.54, 1.807) is 18.2 Å². The molecule has 1 amide bonds. The highest BCUT2D eigenvalue weighted by Crippen LogP contribution is 2.27. The molecule has 0 radical (unpaired) electrons. The van der Waals surface area contributed by atoms with Gasteiger partial charge >= 0.3 is 0 Å². The summed E-state index contributed by atoms with van der Waals surface area (Å²) in [5.74, 6) is -1.04. The van der Waals surface area contributed by atoms with E-state index in [0.29, 0.717) is 10.6 Å². The minimum absolute atomic E-state index is 0.00929. The van der Waals surface area contributed by atoms with E-state index < -0.39 is 20.5 Å². The molecule has 0 aliphatic carbocycles. The lowest BCUT2D eigenvalue weighted by Gasteiger charge is -2.25. The second-order valence-corrected chi connectivity index (χ2v) is 9.41. The molecule has 0 fully saturated rings. The number of carbonyl (C=O) groups is 1. The van der Waals surface area contributed by atoms with E-state index >= 15 is 0 Å². The summed E-state index contributed by atoms with van der Waals surface area (Å²) in [6, 6.07) is 8.57. The van der Waals surface area contributed by atoms with E-state index in [0.717, 1.165) is 17.4 Å². The van der Waals surface area contributed by atoms with Gasteiger partial charge in [-0.2, -0.15) is 0 Å². The Morgan fingerprint density at radius 1 is 1.33 bits per heavy atom. The van der Waals surface area contributed by atoms with Gasteiger partial charge < -0.3 is 4.57 Å². The number of hydroxylamine groups is 1. The summed E-state index contributed by atoms with van der Waals surface area (Å²) in [6.07, 6.45) is 2.28. The van der Waals surface area contributed by atoms with Crippen LogP contribution in [0.3, 0.4) is 0 Å². The van der Waals surface area contributed by atoms with Gasteiger partial charge in [0.05, 0.1) is 0 Å². The topological polar surface area (TPSA) is 105 Å². The first-order chi connectivity index (χ1) is 12.5. The van der Waals surface area contributed by atoms with Gasteiger partial charge in [-0.3, -0.25) is 14.8 Å². The zero-order valence-electron chi connectivity index (χ0n) is 15.2. The fraction of sp³-hybridized carbons (Fsp3) is 0.333. The third-order valence-corrected chi connectivity index (χ3v) is 7.24. The van der Waals surface area contributed by atoms with Crippen molar-refractivity contribution in [2.75, 3.05) is 6.26 Å². The maximum atomic E-state index is 12.4. The Balaban J connectivity index is 2.33. The van der Waals surface area contributed by atoms with E-state index in [1.165, 1.54) is 29.2 Å². The molecule has 1 atom stereocenters. The summed E-state index contributed by atoms with van der Waals surface area (Å²) in [4.78, 5) is 24.3. The summed E-state index contributed by atoms with van der Waals surface area (Å²) < 4.78 is 23.5. The van der Waals surface area contributed by atoms with Gasteiger partial charge in [0.1, 0.15) is 0 Å². The van der Waals surface area contributed by atoms with Crippen molar-refractivity contribution in [1.29, 1.82) is 0 Å². The van der Waals surface area contributed by atoms with Gasteiger partial charge in [-0.25, -0.2) is 13.9 Å². The zero-order valence-corrected chi connectivity index (χ0v) is 16.8. The second-order valence-electron chi connectivity index (χ2n) is 6.55. The average Bonchev–Trinajstić information content (AvgIpc) is 2.61. The molecule has 7 nitrogen and oxygen atoms in total. The van der Waals surface area contributed by atoms with Crippen LogP contribution in [-0.4, -0.2) is 35.1 Å². The van der Waals surface area contributed by atoms with Crippen LogP contribution in [0.1, 0.15) is 18.9 Å². The fourth-order valence-corrected chi connectivity index (χ4v) is 3.72. The van der Waals surface area contributed by atoms with Crippen LogP contribution in [0.2, 0.25) is 5.02 Å². The standard InChI is InChI=1S/C18H21ClN2O5S/c1-12-14(5-4-6-15(12)19)13-7-9-21(16(22)11-13)10-8-18(2,17(23)20-24)27(3,25)26/h4-7,9,11,24H,8,10H2,1-3H3,(H,20,23). The molecule has 2 N–H and O–H groups in total. The first-order valence-corrected chi connectivity index (χ1v) is 10.4. The molecule has 1 aromatic heterocycles. The smallest absolute Gasteiger partial charge is 0.264 e. The van der Waals surface area contributed by atoms with Crippen LogP contribution in [0, 0.1) is 6.92 Å². The molecule has 9 heteroatoms. The molecule has 0 saturated heterocycles. The van der Waals surface area contributed by atoms with Gasteiger partial charge in [-0.1, -0.05) is 23.7 Å². The molecule has 146 valence electrons. The normalized spacial score (nSPS) is 13.8. The van der Waals surface area contributed by atoms with E-state index in [4.69, 9.17) is 16.8 Å². The monoisotopic (exact) mass is 412 g/mol. The number of hydrogen-bond donors (Lipinski definition) is 2. The number of aromatic nitrogens is 1. The zero-order chi connectivity index (χ0) is 20.4. The Bertz CT molecular complexity index is 1030. The quantitative estimate of drug-likeness (QED) is 0.558. The van der Waals surface area contributed by atoms with Crippen LogP contribution < -0.4 is 11.0 Å². The molecule has 0 bridgehead atoms. The van der Waals surface area contributed by atoms with Crippen LogP contribution in [0.4, 0.5) is 0 Å². The molecule has 2 rings (SSSR count). The highest BCUT2D eigenvalue weighted by Gasteiger charge is 2.43. The number of rotatable bonds is 6. The molecule has 1 unspecified atom stereocenters. The van der Waals surface area contributed by atoms with Gasteiger partial charge in [0.2, 0.25) is 0 Å². The third kappa shape index (κ3) is 4.23. The fourth-order valence-electron chi connectivity index (χ4n) is 2.70. The lowest BCUT2D eigenvalue weighted by atomic mass is 10.0. The van der Waals surface area contributed by atoms with Crippen molar-refractivity contribution in [3.05, 3.63) is 57.5 Å². The van der Waals surface area contributed by atoms with Crippen LogP contribution in [0.15, 0.2) is 41.3 Å². The SMILES string of the molecule is Cc1c(Cl)cccc1-c1ccn(CCC(C)(C(=O)NO)S(C)(=O)=O)c(=O)c1.